The van der Waals surface area contributed by atoms with Gasteiger partial charge in [0, 0.05) is 15.1 Å². The second-order valence-electron chi connectivity index (χ2n) is 4.23. The van der Waals surface area contributed by atoms with Gasteiger partial charge in [0.25, 0.3) is 0 Å². The molecular weight excluding hydrogens is 439 g/mol. The molecule has 0 aliphatic carbocycles. The number of halogens is 3. The highest BCUT2D eigenvalue weighted by molar-refractivity contribution is 9.11. The Hall–Kier alpha value is -0.560. The smallest absolute Gasteiger partial charge is 0.234 e. The summed E-state index contributed by atoms with van der Waals surface area (Å²) >= 11 is 14.2. The lowest BCUT2D eigenvalue weighted by Gasteiger charge is -2.10. The van der Waals surface area contributed by atoms with Crippen molar-refractivity contribution in [3.63, 3.8) is 0 Å². The Morgan fingerprint density at radius 3 is 2.67 bits per heavy atom. The molecule has 1 amide bonds. The molecule has 3 nitrogen and oxygen atoms in total. The highest BCUT2D eigenvalue weighted by Crippen LogP contribution is 2.32. The van der Waals surface area contributed by atoms with Gasteiger partial charge in [0.1, 0.15) is 5.03 Å². The van der Waals surface area contributed by atoms with Gasteiger partial charge in [0.2, 0.25) is 5.91 Å². The van der Waals surface area contributed by atoms with E-state index in [4.69, 9.17) is 11.6 Å². The topological polar surface area (TPSA) is 42.0 Å². The zero-order valence-corrected chi connectivity index (χ0v) is 15.7. The highest BCUT2D eigenvalue weighted by atomic mass is 79.9. The fourth-order valence-corrected chi connectivity index (χ4v) is 4.19. The molecule has 0 aliphatic rings. The molecule has 0 bridgehead atoms. The zero-order valence-electron chi connectivity index (χ0n) is 11.0. The van der Waals surface area contributed by atoms with Crippen LogP contribution in [-0.2, 0) is 4.79 Å². The molecule has 110 valence electrons. The first-order chi connectivity index (χ1) is 9.97. The molecule has 7 heteroatoms. The average Bonchev–Trinajstić information content (AvgIpc) is 2.42. The van der Waals surface area contributed by atoms with Gasteiger partial charge in [0.15, 0.2) is 0 Å². The average molecular weight is 451 g/mol. The third kappa shape index (κ3) is 4.71. The summed E-state index contributed by atoms with van der Waals surface area (Å²) in [5.74, 6) is 0.121. The molecule has 0 saturated heterocycles. The number of nitrogens with zero attached hydrogens (tertiary/aromatic N) is 1. The van der Waals surface area contributed by atoms with Crippen molar-refractivity contribution >= 4 is 66.8 Å². The van der Waals surface area contributed by atoms with Gasteiger partial charge in [-0.15, -0.1) is 0 Å². The van der Waals surface area contributed by atoms with E-state index in [1.807, 2.05) is 19.1 Å². The molecule has 2 rings (SSSR count). The number of anilines is 1. The number of nitrogens with one attached hydrogen (secondary N) is 1. The van der Waals surface area contributed by atoms with Crippen LogP contribution < -0.4 is 5.32 Å². The third-order valence-corrected chi connectivity index (χ3v) is 5.19. The Balaban J connectivity index is 2.01. The number of carbonyl (C=O) groups excluding carboxylic acids is 1. The van der Waals surface area contributed by atoms with Gasteiger partial charge in [-0.1, -0.05) is 23.4 Å². The summed E-state index contributed by atoms with van der Waals surface area (Å²) < 4.78 is 1.67. The molecule has 0 unspecified atom stereocenters. The number of benzene rings is 1. The van der Waals surface area contributed by atoms with Gasteiger partial charge in [-0.05, 0) is 68.6 Å². The lowest BCUT2D eigenvalue weighted by molar-refractivity contribution is -0.113. The van der Waals surface area contributed by atoms with E-state index in [0.717, 1.165) is 20.2 Å². The molecule has 21 heavy (non-hydrogen) atoms. The maximum absolute atomic E-state index is 12.0. The van der Waals surface area contributed by atoms with E-state index in [9.17, 15) is 4.79 Å². The molecule has 1 N–H and O–H groups in total. The molecule has 0 saturated carbocycles. The second-order valence-corrected chi connectivity index (χ2v) is 7.31. The quantitative estimate of drug-likeness (QED) is 0.643. The predicted octanol–water partition coefficient (Wildman–Crippen LogP) is 5.30. The number of carbonyl (C=O) groups is 1. The Bertz CT molecular complexity index is 659. The van der Waals surface area contributed by atoms with Crippen molar-refractivity contribution in [2.45, 2.75) is 11.9 Å². The summed E-state index contributed by atoms with van der Waals surface area (Å²) in [6.07, 6.45) is 1.65. The molecule has 1 heterocycles. The summed E-state index contributed by atoms with van der Waals surface area (Å²) in [6.45, 7) is 1.99. The number of hydrogen-bond acceptors (Lipinski definition) is 3. The van der Waals surface area contributed by atoms with Crippen molar-refractivity contribution in [1.29, 1.82) is 0 Å². The fraction of sp³-hybridized carbons (Fsp3) is 0.143. The molecule has 1 aromatic heterocycles. The normalized spacial score (nSPS) is 10.5. The third-order valence-electron chi connectivity index (χ3n) is 2.52. The van der Waals surface area contributed by atoms with Crippen molar-refractivity contribution in [2.24, 2.45) is 0 Å². The summed E-state index contributed by atoms with van der Waals surface area (Å²) in [5, 5.41) is 4.07. The number of aromatic nitrogens is 1. The Kier molecular flexibility index (Phi) is 6.10. The second kappa shape index (κ2) is 7.63. The molecule has 1 aromatic carbocycles. The Labute approximate surface area is 149 Å². The summed E-state index contributed by atoms with van der Waals surface area (Å²) in [5.41, 5.74) is 1.82. The highest BCUT2D eigenvalue weighted by Gasteiger charge is 2.11. The number of hydrogen-bond donors (Lipinski definition) is 1. The first-order valence-electron chi connectivity index (χ1n) is 5.96. The maximum atomic E-state index is 12.0. The van der Waals surface area contributed by atoms with Crippen LogP contribution in [0.4, 0.5) is 5.69 Å². The molecule has 0 atom stereocenters. The van der Waals surface area contributed by atoms with Gasteiger partial charge in [-0.25, -0.2) is 4.98 Å². The minimum absolute atomic E-state index is 0.119. The molecule has 0 aliphatic heterocycles. The zero-order chi connectivity index (χ0) is 15.4. The van der Waals surface area contributed by atoms with E-state index in [2.05, 4.69) is 42.2 Å². The SMILES string of the molecule is Cc1cc(Br)c(NC(=O)CSc2ncccc2Cl)c(Br)c1. The van der Waals surface area contributed by atoms with Gasteiger partial charge in [0.05, 0.1) is 16.5 Å². The number of rotatable bonds is 4. The van der Waals surface area contributed by atoms with E-state index in [1.165, 1.54) is 11.8 Å². The fourth-order valence-electron chi connectivity index (χ4n) is 1.61. The summed E-state index contributed by atoms with van der Waals surface area (Å²) in [4.78, 5) is 16.2. The first kappa shape index (κ1) is 16.8. The Morgan fingerprint density at radius 2 is 2.05 bits per heavy atom. The number of pyridine rings is 1. The van der Waals surface area contributed by atoms with Crippen LogP contribution >= 0.6 is 55.2 Å². The van der Waals surface area contributed by atoms with Gasteiger partial charge in [-0.3, -0.25) is 4.79 Å². The number of aryl methyl sites for hydroxylation is 1. The van der Waals surface area contributed by atoms with E-state index in [0.29, 0.717) is 10.0 Å². The van der Waals surface area contributed by atoms with E-state index in [-0.39, 0.29) is 11.7 Å². The van der Waals surface area contributed by atoms with Crippen molar-refractivity contribution in [1.82, 2.24) is 4.98 Å². The summed E-state index contributed by atoms with van der Waals surface area (Å²) in [6, 6.07) is 7.40. The van der Waals surface area contributed by atoms with Crippen LogP contribution in [-0.4, -0.2) is 16.6 Å². The number of thioether (sulfide) groups is 1. The first-order valence-corrected chi connectivity index (χ1v) is 8.91. The largest absolute Gasteiger partial charge is 0.323 e. The van der Waals surface area contributed by atoms with Gasteiger partial charge in [-0.2, -0.15) is 0 Å². The standard InChI is InChI=1S/C14H11Br2ClN2OS/c1-8-5-9(15)13(10(16)6-8)19-12(20)7-21-14-11(17)3-2-4-18-14/h2-6H,7H2,1H3,(H,19,20). The minimum Gasteiger partial charge on any atom is -0.323 e. The van der Waals surface area contributed by atoms with E-state index in [1.54, 1.807) is 18.3 Å². The lowest BCUT2D eigenvalue weighted by atomic mass is 10.2. The van der Waals surface area contributed by atoms with Gasteiger partial charge >= 0.3 is 0 Å². The van der Waals surface area contributed by atoms with Crippen LogP contribution in [0, 0.1) is 6.92 Å². The Morgan fingerprint density at radius 1 is 1.38 bits per heavy atom. The minimum atomic E-state index is -0.119. The van der Waals surface area contributed by atoms with Crippen molar-refractivity contribution in [3.8, 4) is 0 Å². The van der Waals surface area contributed by atoms with E-state index < -0.39 is 0 Å². The van der Waals surface area contributed by atoms with Crippen LogP contribution in [0.15, 0.2) is 44.4 Å². The van der Waals surface area contributed by atoms with E-state index >= 15 is 0 Å². The predicted molar refractivity (Wildman–Crippen MR) is 95.2 cm³/mol. The maximum Gasteiger partial charge on any atom is 0.234 e. The van der Waals surface area contributed by atoms with Crippen LogP contribution in [0.5, 0.6) is 0 Å². The molecule has 2 aromatic rings. The number of amides is 1. The van der Waals surface area contributed by atoms with Crippen molar-refractivity contribution in [3.05, 3.63) is 50.0 Å². The van der Waals surface area contributed by atoms with Crippen molar-refractivity contribution in [2.75, 3.05) is 11.1 Å². The van der Waals surface area contributed by atoms with Gasteiger partial charge < -0.3 is 5.32 Å². The molecule has 0 spiro atoms. The molecule has 0 fully saturated rings. The summed E-state index contributed by atoms with van der Waals surface area (Å²) in [7, 11) is 0. The lowest BCUT2D eigenvalue weighted by Crippen LogP contribution is -2.15. The molecular formula is C14H11Br2ClN2OS. The van der Waals surface area contributed by atoms with Crippen molar-refractivity contribution < 1.29 is 4.79 Å². The van der Waals surface area contributed by atoms with Crippen LogP contribution in [0.25, 0.3) is 0 Å². The van der Waals surface area contributed by atoms with Crippen LogP contribution in [0.1, 0.15) is 5.56 Å². The molecule has 0 radical (unpaired) electrons. The van der Waals surface area contributed by atoms with Crippen LogP contribution in [0.3, 0.4) is 0 Å². The monoisotopic (exact) mass is 448 g/mol. The van der Waals surface area contributed by atoms with Crippen LogP contribution in [0.2, 0.25) is 5.02 Å².